The molecule has 4 nitrogen and oxygen atoms in total. The van der Waals surface area contributed by atoms with Crippen molar-refractivity contribution in [3.8, 4) is 0 Å². The molecule has 1 aliphatic rings. The number of nitrogens with zero attached hydrogens (tertiary/aromatic N) is 2. The summed E-state index contributed by atoms with van der Waals surface area (Å²) in [5.74, 6) is 2.01. The van der Waals surface area contributed by atoms with Gasteiger partial charge in [-0.2, -0.15) is 0 Å². The topological polar surface area (TPSA) is 45.1 Å². The highest BCUT2D eigenvalue weighted by Crippen LogP contribution is 2.29. The van der Waals surface area contributed by atoms with Crippen LogP contribution in [0.4, 0.5) is 4.39 Å². The Labute approximate surface area is 138 Å². The lowest BCUT2D eigenvalue weighted by molar-refractivity contribution is 0.189. The van der Waals surface area contributed by atoms with Crippen molar-refractivity contribution < 1.29 is 8.81 Å². The van der Waals surface area contributed by atoms with E-state index in [2.05, 4.69) is 14.9 Å². The Bertz CT molecular complexity index is 820. The lowest BCUT2D eigenvalue weighted by Crippen LogP contribution is -2.32. The van der Waals surface area contributed by atoms with Gasteiger partial charge < -0.3 is 9.40 Å². The van der Waals surface area contributed by atoms with Gasteiger partial charge in [-0.1, -0.05) is 0 Å². The highest BCUT2D eigenvalue weighted by molar-refractivity contribution is 6.28. The Morgan fingerprint density at radius 2 is 2.09 bits per heavy atom. The zero-order valence-electron chi connectivity index (χ0n) is 12.6. The molecule has 0 atom stereocenters. The summed E-state index contributed by atoms with van der Waals surface area (Å²) in [5, 5.41) is 0.435. The monoisotopic (exact) mass is 333 g/mol. The van der Waals surface area contributed by atoms with E-state index >= 15 is 0 Å². The molecule has 0 amide bonds. The highest BCUT2D eigenvalue weighted by Gasteiger charge is 2.23. The minimum absolute atomic E-state index is 0.236. The molecule has 120 valence electrons. The minimum atomic E-state index is -0.236. The fourth-order valence-electron chi connectivity index (χ4n) is 3.22. The fourth-order valence-corrected chi connectivity index (χ4v) is 3.38. The average molecular weight is 334 g/mol. The van der Waals surface area contributed by atoms with E-state index in [4.69, 9.17) is 16.0 Å². The van der Waals surface area contributed by atoms with E-state index in [-0.39, 0.29) is 5.82 Å². The van der Waals surface area contributed by atoms with Gasteiger partial charge in [0.2, 0.25) is 0 Å². The number of aromatic nitrogens is 2. The predicted octanol–water partition coefficient (Wildman–Crippen LogP) is 4.33. The molecule has 1 saturated heterocycles. The Balaban J connectivity index is 1.42. The molecule has 0 spiro atoms. The molecule has 0 unspecified atom stereocenters. The van der Waals surface area contributed by atoms with Crippen LogP contribution in [0, 0.1) is 5.82 Å². The third-order valence-electron chi connectivity index (χ3n) is 4.44. The van der Waals surface area contributed by atoms with Crippen LogP contribution in [0.2, 0.25) is 5.22 Å². The van der Waals surface area contributed by atoms with E-state index in [1.807, 2.05) is 6.07 Å². The molecule has 0 bridgehead atoms. The van der Waals surface area contributed by atoms with Gasteiger partial charge in [0.1, 0.15) is 17.4 Å². The summed E-state index contributed by atoms with van der Waals surface area (Å²) < 4.78 is 18.7. The molecule has 3 heterocycles. The van der Waals surface area contributed by atoms with Gasteiger partial charge in [0, 0.05) is 5.92 Å². The molecule has 6 heteroatoms. The van der Waals surface area contributed by atoms with Gasteiger partial charge in [-0.15, -0.1) is 0 Å². The van der Waals surface area contributed by atoms with E-state index in [1.54, 1.807) is 12.1 Å². The fraction of sp³-hybridized carbons (Fsp3) is 0.353. The standard InChI is InChI=1S/C17H17ClFN3O/c18-16-4-2-13(23-16)10-22-7-5-11(6-8-22)17-20-14-3-1-12(19)9-15(14)21-17/h1-4,9,11H,5-8,10H2,(H,20,21). The number of halogens is 2. The molecule has 3 aromatic rings. The SMILES string of the molecule is Fc1ccc2nc(C3CCN(Cc4ccc(Cl)o4)CC3)[nH]c2c1. The lowest BCUT2D eigenvalue weighted by Gasteiger charge is -2.30. The first-order chi connectivity index (χ1) is 11.2. The van der Waals surface area contributed by atoms with E-state index in [0.29, 0.717) is 11.1 Å². The second kappa shape index (κ2) is 5.98. The number of likely N-dealkylation sites (tertiary alicyclic amines) is 1. The molecular formula is C17H17ClFN3O. The molecule has 1 aromatic carbocycles. The van der Waals surface area contributed by atoms with E-state index in [0.717, 1.165) is 55.1 Å². The van der Waals surface area contributed by atoms with Gasteiger partial charge in [-0.05, 0) is 67.9 Å². The zero-order chi connectivity index (χ0) is 15.8. The lowest BCUT2D eigenvalue weighted by atomic mass is 9.96. The average Bonchev–Trinajstić information content (AvgIpc) is 3.14. The van der Waals surface area contributed by atoms with Gasteiger partial charge >= 0.3 is 0 Å². The summed E-state index contributed by atoms with van der Waals surface area (Å²) in [7, 11) is 0. The summed E-state index contributed by atoms with van der Waals surface area (Å²) in [5.41, 5.74) is 1.60. The second-order valence-electron chi connectivity index (χ2n) is 6.04. The molecule has 23 heavy (non-hydrogen) atoms. The van der Waals surface area contributed by atoms with Gasteiger partial charge in [0.05, 0.1) is 17.6 Å². The number of rotatable bonds is 3. The van der Waals surface area contributed by atoms with Crippen LogP contribution >= 0.6 is 11.6 Å². The van der Waals surface area contributed by atoms with Crippen molar-refractivity contribution in [3.63, 3.8) is 0 Å². The first-order valence-corrected chi connectivity index (χ1v) is 8.17. The molecule has 1 N–H and O–H groups in total. The largest absolute Gasteiger partial charge is 0.448 e. The van der Waals surface area contributed by atoms with Crippen molar-refractivity contribution in [1.82, 2.24) is 14.9 Å². The number of fused-ring (bicyclic) bond motifs is 1. The number of H-pyrrole nitrogens is 1. The van der Waals surface area contributed by atoms with E-state index < -0.39 is 0 Å². The Morgan fingerprint density at radius 3 is 2.83 bits per heavy atom. The maximum Gasteiger partial charge on any atom is 0.193 e. The number of benzene rings is 1. The summed E-state index contributed by atoms with van der Waals surface area (Å²) in [6.45, 7) is 2.74. The Kier molecular flexibility index (Phi) is 3.83. The smallest absolute Gasteiger partial charge is 0.193 e. The number of nitrogens with one attached hydrogen (secondary N) is 1. The molecule has 0 aliphatic carbocycles. The molecule has 1 fully saturated rings. The normalized spacial score (nSPS) is 17.1. The number of furan rings is 1. The quantitative estimate of drug-likeness (QED) is 0.776. The molecule has 4 rings (SSSR count). The van der Waals surface area contributed by atoms with Crippen LogP contribution in [0.1, 0.15) is 30.3 Å². The zero-order valence-corrected chi connectivity index (χ0v) is 13.3. The maximum absolute atomic E-state index is 13.3. The van der Waals surface area contributed by atoms with Crippen LogP contribution < -0.4 is 0 Å². The van der Waals surface area contributed by atoms with Crippen LogP contribution in [0.5, 0.6) is 0 Å². The van der Waals surface area contributed by atoms with Crippen molar-refractivity contribution in [2.45, 2.75) is 25.3 Å². The molecule has 0 saturated carbocycles. The maximum atomic E-state index is 13.3. The number of aromatic amines is 1. The van der Waals surface area contributed by atoms with Crippen LogP contribution in [-0.2, 0) is 6.54 Å². The third-order valence-corrected chi connectivity index (χ3v) is 4.65. The molecule has 0 radical (unpaired) electrons. The minimum Gasteiger partial charge on any atom is -0.448 e. The summed E-state index contributed by atoms with van der Waals surface area (Å²) in [6.07, 6.45) is 2.05. The third kappa shape index (κ3) is 3.12. The molecule has 1 aliphatic heterocycles. The highest BCUT2D eigenvalue weighted by atomic mass is 35.5. The summed E-state index contributed by atoms with van der Waals surface area (Å²) in [6, 6.07) is 8.37. The van der Waals surface area contributed by atoms with E-state index in [9.17, 15) is 4.39 Å². The predicted molar refractivity (Wildman–Crippen MR) is 87.0 cm³/mol. The van der Waals surface area contributed by atoms with Gasteiger partial charge in [0.15, 0.2) is 5.22 Å². The number of piperidine rings is 1. The first-order valence-electron chi connectivity index (χ1n) is 7.79. The summed E-state index contributed by atoms with van der Waals surface area (Å²) in [4.78, 5) is 10.2. The first kappa shape index (κ1) is 14.7. The van der Waals surface area contributed by atoms with Gasteiger partial charge in [-0.3, -0.25) is 4.90 Å². The van der Waals surface area contributed by atoms with Crippen molar-refractivity contribution in [3.05, 3.63) is 53.0 Å². The number of hydrogen-bond acceptors (Lipinski definition) is 3. The molecular weight excluding hydrogens is 317 g/mol. The second-order valence-corrected chi connectivity index (χ2v) is 6.41. The van der Waals surface area contributed by atoms with Crippen molar-refractivity contribution in [2.75, 3.05) is 13.1 Å². The molecule has 2 aromatic heterocycles. The van der Waals surface area contributed by atoms with Gasteiger partial charge in [0.25, 0.3) is 0 Å². The Hall–Kier alpha value is -1.85. The van der Waals surface area contributed by atoms with Crippen LogP contribution in [0.15, 0.2) is 34.7 Å². The van der Waals surface area contributed by atoms with Crippen molar-refractivity contribution >= 4 is 22.6 Å². The number of imidazole rings is 1. The van der Waals surface area contributed by atoms with Crippen molar-refractivity contribution in [1.29, 1.82) is 0 Å². The van der Waals surface area contributed by atoms with Crippen LogP contribution in [0.3, 0.4) is 0 Å². The van der Waals surface area contributed by atoms with Crippen molar-refractivity contribution in [2.24, 2.45) is 0 Å². The summed E-state index contributed by atoms with van der Waals surface area (Å²) >= 11 is 5.81. The van der Waals surface area contributed by atoms with E-state index in [1.165, 1.54) is 12.1 Å². The Morgan fingerprint density at radius 1 is 1.26 bits per heavy atom. The van der Waals surface area contributed by atoms with Gasteiger partial charge in [-0.25, -0.2) is 9.37 Å². The number of hydrogen-bond donors (Lipinski definition) is 1. The van der Waals surface area contributed by atoms with Crippen LogP contribution in [-0.4, -0.2) is 28.0 Å². The van der Waals surface area contributed by atoms with Crippen LogP contribution in [0.25, 0.3) is 11.0 Å².